The van der Waals surface area contributed by atoms with Crippen molar-refractivity contribution in [1.82, 2.24) is 25.5 Å². The highest BCUT2D eigenvalue weighted by Gasteiger charge is 2.32. The van der Waals surface area contributed by atoms with E-state index < -0.39 is 18.1 Å². The number of fused-ring (bicyclic) bond motifs is 1. The lowest BCUT2D eigenvalue weighted by atomic mass is 10.1. The summed E-state index contributed by atoms with van der Waals surface area (Å²) in [6, 6.07) is 19.9. The first-order chi connectivity index (χ1) is 22.7. The number of rotatable bonds is 10. The predicted octanol–water partition coefficient (Wildman–Crippen LogP) is 4.48. The van der Waals surface area contributed by atoms with Gasteiger partial charge in [0, 0.05) is 44.3 Å². The van der Waals surface area contributed by atoms with Crippen LogP contribution in [0.1, 0.15) is 38.2 Å². The van der Waals surface area contributed by atoms with E-state index in [9.17, 15) is 14.4 Å². The van der Waals surface area contributed by atoms with Crippen LogP contribution >= 0.6 is 11.6 Å². The van der Waals surface area contributed by atoms with Crippen LogP contribution in [0.2, 0.25) is 5.02 Å². The third kappa shape index (κ3) is 9.24. The lowest BCUT2D eigenvalue weighted by Crippen LogP contribution is -2.49. The van der Waals surface area contributed by atoms with E-state index in [2.05, 4.69) is 20.9 Å². The van der Waals surface area contributed by atoms with Crippen molar-refractivity contribution < 1.29 is 29.0 Å². The Morgan fingerprint density at radius 2 is 1.68 bits per heavy atom. The highest BCUT2D eigenvalue weighted by Crippen LogP contribution is 2.29. The number of aryl methyl sites for hydroxylation is 1. The van der Waals surface area contributed by atoms with Gasteiger partial charge in [0.1, 0.15) is 29.3 Å². The normalized spacial score (nSPS) is 20.9. The molecule has 2 amide bonds. The Kier molecular flexibility index (Phi) is 11.3. The van der Waals surface area contributed by atoms with E-state index in [0.717, 1.165) is 40.9 Å². The molecule has 3 heterocycles. The van der Waals surface area contributed by atoms with E-state index in [1.807, 2.05) is 78.3 Å². The number of carboxylic acid groups (broad SMARTS) is 1. The van der Waals surface area contributed by atoms with Crippen LogP contribution < -0.4 is 25.4 Å². The molecule has 1 saturated heterocycles. The number of aromatic nitrogens is 2. The predicted molar refractivity (Wildman–Crippen MR) is 178 cm³/mol. The van der Waals surface area contributed by atoms with Gasteiger partial charge in [-0.05, 0) is 62.1 Å². The summed E-state index contributed by atoms with van der Waals surface area (Å²) in [5.41, 5.74) is 1.61. The number of hydrogen-bond acceptors (Lipinski definition) is 7. The number of nitrogens with zero attached hydrogens (tertiary/aromatic N) is 2. The first-order valence-corrected chi connectivity index (χ1v) is 16.1. The second-order valence-corrected chi connectivity index (χ2v) is 12.3. The molecule has 0 radical (unpaired) electrons. The van der Waals surface area contributed by atoms with Crippen molar-refractivity contribution in [2.75, 3.05) is 6.54 Å². The van der Waals surface area contributed by atoms with Gasteiger partial charge in [-0.2, -0.15) is 0 Å². The Morgan fingerprint density at radius 3 is 2.32 bits per heavy atom. The van der Waals surface area contributed by atoms with Gasteiger partial charge in [0.15, 0.2) is 0 Å². The van der Waals surface area contributed by atoms with Crippen molar-refractivity contribution in [2.45, 2.75) is 63.4 Å². The topological polar surface area (TPSA) is 144 Å². The molecule has 1 aliphatic heterocycles. The number of amides is 2. The van der Waals surface area contributed by atoms with Gasteiger partial charge in [0.25, 0.3) is 0 Å². The average Bonchev–Trinajstić information content (AvgIpc) is 3.81. The molecule has 4 aromatic rings. The Balaban J connectivity index is 0.000000241. The van der Waals surface area contributed by atoms with Gasteiger partial charge in [0.05, 0.1) is 23.1 Å². The highest BCUT2D eigenvalue weighted by molar-refractivity contribution is 6.35. The molecule has 2 aromatic heterocycles. The van der Waals surface area contributed by atoms with E-state index >= 15 is 0 Å². The Labute approximate surface area is 278 Å². The summed E-state index contributed by atoms with van der Waals surface area (Å²) in [7, 11) is 1.88. The van der Waals surface area contributed by atoms with Gasteiger partial charge in [-0.25, -0.2) is 4.98 Å². The second kappa shape index (κ2) is 15.8. The Hall–Kier alpha value is -4.61. The maximum absolute atomic E-state index is 12.6. The molecular weight excluding hydrogens is 622 g/mol. The minimum Gasteiger partial charge on any atom is -0.490 e. The molecule has 4 N–H and O–H groups in total. The van der Waals surface area contributed by atoms with Crippen LogP contribution in [0.4, 0.5) is 0 Å². The van der Waals surface area contributed by atoms with Crippen molar-refractivity contribution in [3.63, 3.8) is 0 Å². The number of carbonyl (C=O) groups is 3. The van der Waals surface area contributed by atoms with Crippen molar-refractivity contribution in [3.8, 4) is 11.5 Å². The summed E-state index contributed by atoms with van der Waals surface area (Å²) in [5.74, 6) is 0.192. The fraction of sp³-hybridized carbons (Fsp3) is 0.371. The van der Waals surface area contributed by atoms with Gasteiger partial charge in [-0.1, -0.05) is 48.0 Å². The number of aliphatic carboxylic acids is 1. The molecule has 11 nitrogen and oxygen atoms in total. The molecule has 1 aliphatic carbocycles. The van der Waals surface area contributed by atoms with Crippen molar-refractivity contribution in [1.29, 1.82) is 0 Å². The van der Waals surface area contributed by atoms with Crippen molar-refractivity contribution in [3.05, 3.63) is 89.7 Å². The van der Waals surface area contributed by atoms with E-state index in [1.54, 1.807) is 19.3 Å². The number of nitrogens with one attached hydrogen (secondary N) is 3. The van der Waals surface area contributed by atoms with Gasteiger partial charge >= 0.3 is 5.97 Å². The van der Waals surface area contributed by atoms with Crippen LogP contribution in [0, 0.1) is 5.92 Å². The summed E-state index contributed by atoms with van der Waals surface area (Å²) >= 11 is 6.23. The van der Waals surface area contributed by atoms with Crippen LogP contribution in [0.5, 0.6) is 11.5 Å². The van der Waals surface area contributed by atoms with Crippen molar-refractivity contribution in [2.24, 2.45) is 13.0 Å². The molecule has 12 heteroatoms. The average molecular weight is 662 g/mol. The summed E-state index contributed by atoms with van der Waals surface area (Å²) in [6.45, 7) is 2.53. The first-order valence-electron chi connectivity index (χ1n) is 15.7. The third-order valence-electron chi connectivity index (χ3n) is 8.27. The molecule has 2 fully saturated rings. The third-order valence-corrected chi connectivity index (χ3v) is 8.57. The standard InChI is InChI=1S/C23H26ClN5O3.C12H14O3/c1-14(22(30)27-11-15-8-18-19(24)13-29(2)21(18)26-10-15)28-23(31)20-9-17(12-25-20)32-16-6-4-3-5-7-16;13-12(14)9-6-7-11(8-9)15-10-4-2-1-3-5-10/h3-8,10,13-14,17,20,25H,9,11-12H2,1-2H3,(H,27,30)(H,28,31);1-5,9,11H,6-8H2,(H,13,14)/t14-,17-,20+;9-,11-/m01/s1. The van der Waals surface area contributed by atoms with Crippen molar-refractivity contribution >= 4 is 40.4 Å². The summed E-state index contributed by atoms with van der Waals surface area (Å²) in [6.07, 6.45) is 6.21. The van der Waals surface area contributed by atoms with Gasteiger partial charge in [0.2, 0.25) is 11.8 Å². The molecule has 0 unspecified atom stereocenters. The number of carbonyl (C=O) groups excluding carboxylic acids is 2. The summed E-state index contributed by atoms with van der Waals surface area (Å²) < 4.78 is 13.4. The van der Waals surface area contributed by atoms with Crippen LogP contribution in [-0.4, -0.2) is 63.3 Å². The number of halogens is 1. The SMILES string of the molecule is C[C@H](NC(=O)[C@H]1C[C@H](Oc2ccccc2)CN1)C(=O)NCc1cnc2c(c1)c(Cl)cn2C.O=C(O)[C@@H]1CC[C@@H](Oc2ccccc2)C1. The summed E-state index contributed by atoms with van der Waals surface area (Å²) in [4.78, 5) is 40.2. The maximum atomic E-state index is 12.6. The molecule has 5 atom stereocenters. The zero-order chi connectivity index (χ0) is 33.3. The van der Waals surface area contributed by atoms with E-state index in [-0.39, 0.29) is 29.9 Å². The molecule has 47 heavy (non-hydrogen) atoms. The number of pyridine rings is 1. The Morgan fingerprint density at radius 1 is 1.02 bits per heavy atom. The largest absolute Gasteiger partial charge is 0.490 e. The molecule has 0 spiro atoms. The van der Waals surface area contributed by atoms with E-state index in [0.29, 0.717) is 31.0 Å². The lowest BCUT2D eigenvalue weighted by molar-refractivity contribution is -0.141. The number of carboxylic acids is 1. The molecule has 2 aromatic carbocycles. The molecule has 2 aliphatic rings. The smallest absolute Gasteiger partial charge is 0.306 e. The van der Waals surface area contributed by atoms with Crippen LogP contribution in [0.25, 0.3) is 11.0 Å². The van der Waals surface area contributed by atoms with Gasteiger partial charge in [-0.3, -0.25) is 14.4 Å². The van der Waals surface area contributed by atoms with Gasteiger partial charge in [-0.15, -0.1) is 0 Å². The minimum atomic E-state index is -0.700. The molecule has 6 rings (SSSR count). The Bertz CT molecular complexity index is 1670. The van der Waals surface area contributed by atoms with E-state index in [1.165, 1.54) is 0 Å². The number of ether oxygens (including phenoxy) is 2. The molecular formula is C35H40ClN5O6. The monoisotopic (exact) mass is 661 g/mol. The van der Waals surface area contributed by atoms with E-state index in [4.69, 9.17) is 26.2 Å². The quantitative estimate of drug-likeness (QED) is 0.195. The zero-order valence-corrected chi connectivity index (χ0v) is 27.2. The molecule has 1 saturated carbocycles. The maximum Gasteiger partial charge on any atom is 0.306 e. The number of hydrogen-bond donors (Lipinski definition) is 4. The first kappa shape index (κ1) is 33.7. The lowest BCUT2D eigenvalue weighted by Gasteiger charge is -2.17. The molecule has 0 bridgehead atoms. The fourth-order valence-electron chi connectivity index (χ4n) is 5.72. The van der Waals surface area contributed by atoms with Crippen LogP contribution in [0.3, 0.4) is 0 Å². The second-order valence-electron chi connectivity index (χ2n) is 11.9. The summed E-state index contributed by atoms with van der Waals surface area (Å²) in [5, 5.41) is 19.1. The molecule has 248 valence electrons. The number of benzene rings is 2. The highest BCUT2D eigenvalue weighted by atomic mass is 35.5. The van der Waals surface area contributed by atoms with Crippen LogP contribution in [-0.2, 0) is 28.0 Å². The number of para-hydroxylation sites is 2. The zero-order valence-electron chi connectivity index (χ0n) is 26.4. The fourth-order valence-corrected chi connectivity index (χ4v) is 6.01. The van der Waals surface area contributed by atoms with Crippen LogP contribution in [0.15, 0.2) is 79.1 Å². The van der Waals surface area contributed by atoms with Gasteiger partial charge < -0.3 is 35.1 Å². The minimum absolute atomic E-state index is 0.0634.